The van der Waals surface area contributed by atoms with Gasteiger partial charge in [-0.2, -0.15) is 0 Å². The molecule has 1 amide bonds. The molecule has 1 saturated heterocycles. The van der Waals surface area contributed by atoms with Crippen LogP contribution in [-0.4, -0.2) is 33.1 Å². The van der Waals surface area contributed by atoms with E-state index < -0.39 is 21.5 Å². The predicted octanol–water partition coefficient (Wildman–Crippen LogP) is -0.301. The molecule has 1 aliphatic heterocycles. The molecule has 0 spiro atoms. The average Bonchev–Trinajstić information content (AvgIpc) is 2.78. The molecule has 1 unspecified atom stereocenters. The van der Waals surface area contributed by atoms with Gasteiger partial charge in [0.1, 0.15) is 5.54 Å². The van der Waals surface area contributed by atoms with Gasteiger partial charge in [-0.25, -0.2) is 13.6 Å². The minimum atomic E-state index is -3.83. The van der Waals surface area contributed by atoms with Gasteiger partial charge in [0.25, 0.3) is 0 Å². The molecule has 8 heteroatoms. The summed E-state index contributed by atoms with van der Waals surface area (Å²) in [5.74, 6) is -0.403. The molecule has 0 bridgehead atoms. The fourth-order valence-electron chi connectivity index (χ4n) is 2.00. The monoisotopic (exact) mass is 299 g/mol. The Balaban J connectivity index is 2.25. The van der Waals surface area contributed by atoms with Crippen molar-refractivity contribution in [1.29, 1.82) is 0 Å². The largest absolute Gasteiger partial charge is 0.379 e. The van der Waals surface area contributed by atoms with Crippen molar-refractivity contribution in [3.05, 3.63) is 23.8 Å². The lowest BCUT2D eigenvalue weighted by atomic mass is 9.99. The Labute approximate surface area is 117 Å². The number of nitrogens with one attached hydrogen (secondary N) is 1. The Morgan fingerprint density at radius 2 is 2.15 bits per heavy atom. The second-order valence-corrected chi connectivity index (χ2v) is 6.47. The molecule has 0 aromatic heterocycles. The standard InChI is InChI=1S/C12H17N3O4S/c1-8-2-3-9(6-10(8)20(14,17)18)15-11(16)12(13)4-5-19-7-12/h2-3,6H,4-5,7,13H2,1H3,(H,15,16)(H2,14,17,18). The van der Waals surface area contributed by atoms with Crippen LogP contribution in [0.1, 0.15) is 12.0 Å². The van der Waals surface area contributed by atoms with Crippen LogP contribution < -0.4 is 16.2 Å². The number of ether oxygens (including phenoxy) is 1. The highest BCUT2D eigenvalue weighted by Crippen LogP contribution is 2.22. The Kier molecular flexibility index (Phi) is 3.83. The van der Waals surface area contributed by atoms with Gasteiger partial charge < -0.3 is 15.8 Å². The van der Waals surface area contributed by atoms with Gasteiger partial charge in [0.15, 0.2) is 0 Å². The Morgan fingerprint density at radius 3 is 2.70 bits per heavy atom. The lowest BCUT2D eigenvalue weighted by Gasteiger charge is -2.20. The third-order valence-corrected chi connectivity index (χ3v) is 4.31. The minimum Gasteiger partial charge on any atom is -0.379 e. The first-order valence-corrected chi connectivity index (χ1v) is 7.58. The molecule has 7 nitrogen and oxygen atoms in total. The van der Waals surface area contributed by atoms with Crippen molar-refractivity contribution in [1.82, 2.24) is 0 Å². The fourth-order valence-corrected chi connectivity index (χ4v) is 2.81. The third-order valence-electron chi connectivity index (χ3n) is 3.26. The van der Waals surface area contributed by atoms with Gasteiger partial charge in [-0.05, 0) is 31.0 Å². The first-order chi connectivity index (χ1) is 9.22. The molecule has 2 rings (SSSR count). The Hall–Kier alpha value is -1.48. The number of aryl methyl sites for hydroxylation is 1. The molecule has 1 aromatic rings. The maximum atomic E-state index is 12.1. The molecule has 0 saturated carbocycles. The van der Waals surface area contributed by atoms with E-state index in [1.807, 2.05) is 0 Å². The second kappa shape index (κ2) is 5.13. The SMILES string of the molecule is Cc1ccc(NC(=O)C2(N)CCOC2)cc1S(N)(=O)=O. The van der Waals surface area contributed by atoms with Gasteiger partial charge in [-0.1, -0.05) is 6.07 Å². The van der Waals surface area contributed by atoms with Gasteiger partial charge >= 0.3 is 0 Å². The van der Waals surface area contributed by atoms with Crippen LogP contribution in [0.3, 0.4) is 0 Å². The van der Waals surface area contributed by atoms with Crippen LogP contribution in [0.5, 0.6) is 0 Å². The highest BCUT2D eigenvalue weighted by molar-refractivity contribution is 7.89. The van der Waals surface area contributed by atoms with Gasteiger partial charge in [0.2, 0.25) is 15.9 Å². The number of nitrogens with two attached hydrogens (primary N) is 2. The van der Waals surface area contributed by atoms with E-state index in [-0.39, 0.29) is 11.5 Å². The Bertz CT molecular complexity index is 636. The van der Waals surface area contributed by atoms with Crippen LogP contribution in [0.2, 0.25) is 0 Å². The summed E-state index contributed by atoms with van der Waals surface area (Å²) in [6.07, 6.45) is 0.423. The lowest BCUT2D eigenvalue weighted by molar-refractivity contribution is -0.121. The van der Waals surface area contributed by atoms with E-state index in [1.54, 1.807) is 19.1 Å². The molecule has 5 N–H and O–H groups in total. The summed E-state index contributed by atoms with van der Waals surface area (Å²) in [6, 6.07) is 4.49. The number of carbonyl (C=O) groups excluding carboxylic acids is 1. The van der Waals surface area contributed by atoms with Crippen molar-refractivity contribution in [2.24, 2.45) is 10.9 Å². The van der Waals surface area contributed by atoms with E-state index in [4.69, 9.17) is 15.6 Å². The number of sulfonamides is 1. The number of benzene rings is 1. The summed E-state index contributed by atoms with van der Waals surface area (Å²) in [6.45, 7) is 2.20. The summed E-state index contributed by atoms with van der Waals surface area (Å²) in [5, 5.41) is 7.72. The first kappa shape index (κ1) is 14.9. The van der Waals surface area contributed by atoms with Crippen molar-refractivity contribution < 1.29 is 17.9 Å². The zero-order valence-electron chi connectivity index (χ0n) is 11.0. The number of rotatable bonds is 3. The van der Waals surface area contributed by atoms with Gasteiger partial charge in [-0.3, -0.25) is 4.79 Å². The summed E-state index contributed by atoms with van der Waals surface area (Å²) in [5.41, 5.74) is 5.69. The van der Waals surface area contributed by atoms with Crippen LogP contribution >= 0.6 is 0 Å². The highest BCUT2D eigenvalue weighted by Gasteiger charge is 2.38. The molecule has 1 heterocycles. The number of carbonyl (C=O) groups is 1. The minimum absolute atomic E-state index is 0.0240. The molecule has 1 aromatic carbocycles. The highest BCUT2D eigenvalue weighted by atomic mass is 32.2. The molecule has 110 valence electrons. The summed E-state index contributed by atoms with van der Waals surface area (Å²) in [7, 11) is -3.83. The Morgan fingerprint density at radius 1 is 1.45 bits per heavy atom. The summed E-state index contributed by atoms with van der Waals surface area (Å²) in [4.78, 5) is 12.1. The van der Waals surface area contributed by atoms with Crippen molar-refractivity contribution in [3.63, 3.8) is 0 Å². The normalized spacial score (nSPS) is 22.8. The molecule has 20 heavy (non-hydrogen) atoms. The first-order valence-electron chi connectivity index (χ1n) is 6.04. The van der Waals surface area contributed by atoms with Crippen LogP contribution in [0.4, 0.5) is 5.69 Å². The molecule has 0 radical (unpaired) electrons. The second-order valence-electron chi connectivity index (χ2n) is 4.94. The van der Waals surface area contributed by atoms with Gasteiger partial charge in [0.05, 0.1) is 11.5 Å². The van der Waals surface area contributed by atoms with E-state index in [0.717, 1.165) is 0 Å². The van der Waals surface area contributed by atoms with E-state index in [9.17, 15) is 13.2 Å². The van der Waals surface area contributed by atoms with Crippen molar-refractivity contribution in [3.8, 4) is 0 Å². The van der Waals surface area contributed by atoms with Crippen molar-refractivity contribution in [2.45, 2.75) is 23.8 Å². The third kappa shape index (κ3) is 2.98. The fraction of sp³-hybridized carbons (Fsp3) is 0.417. The average molecular weight is 299 g/mol. The van der Waals surface area contributed by atoms with Gasteiger partial charge in [-0.15, -0.1) is 0 Å². The van der Waals surface area contributed by atoms with E-state index >= 15 is 0 Å². The van der Waals surface area contributed by atoms with E-state index in [1.165, 1.54) is 6.07 Å². The summed E-state index contributed by atoms with van der Waals surface area (Å²) < 4.78 is 28.0. The lowest BCUT2D eigenvalue weighted by Crippen LogP contribution is -2.51. The zero-order chi connectivity index (χ0) is 15.0. The van der Waals surface area contributed by atoms with Gasteiger partial charge in [0, 0.05) is 12.3 Å². The van der Waals surface area contributed by atoms with Crippen LogP contribution in [0.25, 0.3) is 0 Å². The molecule has 1 aliphatic rings. The maximum Gasteiger partial charge on any atom is 0.246 e. The predicted molar refractivity (Wildman–Crippen MR) is 73.5 cm³/mol. The maximum absolute atomic E-state index is 12.1. The molecule has 1 fully saturated rings. The summed E-state index contributed by atoms with van der Waals surface area (Å²) >= 11 is 0. The molecule has 1 atom stereocenters. The molecular weight excluding hydrogens is 282 g/mol. The smallest absolute Gasteiger partial charge is 0.246 e. The quantitative estimate of drug-likeness (QED) is 0.706. The van der Waals surface area contributed by atoms with Crippen LogP contribution in [0, 0.1) is 6.92 Å². The number of amides is 1. The number of anilines is 1. The number of primary sulfonamides is 1. The van der Waals surface area contributed by atoms with Crippen molar-refractivity contribution in [2.75, 3.05) is 18.5 Å². The van der Waals surface area contributed by atoms with Crippen molar-refractivity contribution >= 4 is 21.6 Å². The molecular formula is C12H17N3O4S. The topological polar surface area (TPSA) is 125 Å². The molecule has 0 aliphatic carbocycles. The number of hydrogen-bond donors (Lipinski definition) is 3. The zero-order valence-corrected chi connectivity index (χ0v) is 11.9. The van der Waals surface area contributed by atoms with E-state index in [0.29, 0.717) is 24.3 Å². The van der Waals surface area contributed by atoms with Crippen LogP contribution in [0.15, 0.2) is 23.1 Å². The van der Waals surface area contributed by atoms with Crippen LogP contribution in [-0.2, 0) is 19.6 Å². The number of hydrogen-bond acceptors (Lipinski definition) is 5. The van der Waals surface area contributed by atoms with E-state index in [2.05, 4.69) is 5.32 Å².